The molecule has 0 radical (unpaired) electrons. The van der Waals surface area contributed by atoms with Crippen molar-refractivity contribution in [2.45, 2.75) is 39.2 Å². The van der Waals surface area contributed by atoms with E-state index in [9.17, 15) is 4.79 Å². The van der Waals surface area contributed by atoms with E-state index in [1.807, 2.05) is 6.92 Å². The van der Waals surface area contributed by atoms with Crippen LogP contribution in [0, 0.1) is 5.41 Å². The molecule has 3 N–H and O–H groups in total. The van der Waals surface area contributed by atoms with E-state index in [4.69, 9.17) is 5.11 Å². The molecule has 0 aliphatic carbocycles. The Hall–Kier alpha value is -0.610. The minimum atomic E-state index is -0.214. The Morgan fingerprint density at radius 3 is 2.60 bits per heavy atom. The van der Waals surface area contributed by atoms with E-state index in [1.54, 1.807) is 0 Å². The van der Waals surface area contributed by atoms with Crippen LogP contribution in [0.2, 0.25) is 0 Å². The Bertz CT molecular complexity index is 213. The third-order valence-electron chi connectivity index (χ3n) is 3.37. The zero-order valence-electron chi connectivity index (χ0n) is 9.68. The highest BCUT2D eigenvalue weighted by atomic mass is 16.3. The van der Waals surface area contributed by atoms with E-state index in [0.717, 1.165) is 32.4 Å². The van der Waals surface area contributed by atoms with Crippen LogP contribution < -0.4 is 10.6 Å². The molecule has 0 aromatic heterocycles. The molecule has 0 unspecified atom stereocenters. The first kappa shape index (κ1) is 12.5. The van der Waals surface area contributed by atoms with Crippen molar-refractivity contribution in [1.82, 2.24) is 10.6 Å². The van der Waals surface area contributed by atoms with E-state index < -0.39 is 0 Å². The third kappa shape index (κ3) is 2.92. The molecule has 0 aromatic rings. The highest BCUT2D eigenvalue weighted by Crippen LogP contribution is 2.32. The molecule has 1 aliphatic heterocycles. The summed E-state index contributed by atoms with van der Waals surface area (Å²) < 4.78 is 0. The van der Waals surface area contributed by atoms with Gasteiger partial charge in [0.1, 0.15) is 0 Å². The van der Waals surface area contributed by atoms with Gasteiger partial charge in [-0.15, -0.1) is 0 Å². The monoisotopic (exact) mass is 214 g/mol. The number of rotatable bonds is 4. The highest BCUT2D eigenvalue weighted by Gasteiger charge is 2.37. The maximum absolute atomic E-state index is 12.1. The fourth-order valence-corrected chi connectivity index (χ4v) is 2.07. The summed E-state index contributed by atoms with van der Waals surface area (Å²) in [5.41, 5.74) is -0.214. The fourth-order valence-electron chi connectivity index (χ4n) is 2.07. The fraction of sp³-hybridized carbons (Fsp3) is 0.909. The molecule has 1 rings (SSSR count). The van der Waals surface area contributed by atoms with Crippen molar-refractivity contribution in [3.05, 3.63) is 0 Å². The first-order chi connectivity index (χ1) is 7.14. The number of carbonyl (C=O) groups excluding carboxylic acids is 1. The van der Waals surface area contributed by atoms with Crippen molar-refractivity contribution in [1.29, 1.82) is 0 Å². The van der Waals surface area contributed by atoms with Crippen LogP contribution in [-0.2, 0) is 4.79 Å². The molecule has 1 atom stereocenters. The summed E-state index contributed by atoms with van der Waals surface area (Å²) >= 11 is 0. The average molecular weight is 214 g/mol. The van der Waals surface area contributed by atoms with Gasteiger partial charge < -0.3 is 15.7 Å². The van der Waals surface area contributed by atoms with E-state index in [0.29, 0.717) is 0 Å². The van der Waals surface area contributed by atoms with Crippen LogP contribution in [0.15, 0.2) is 0 Å². The Morgan fingerprint density at radius 2 is 2.13 bits per heavy atom. The SMILES string of the molecule is CCC1(C(=O)N[C@H](C)CO)CCNCC1. The van der Waals surface area contributed by atoms with Crippen LogP contribution >= 0.6 is 0 Å². The number of nitrogens with one attached hydrogen (secondary N) is 2. The summed E-state index contributed by atoms with van der Waals surface area (Å²) in [4.78, 5) is 12.1. The zero-order valence-corrected chi connectivity index (χ0v) is 9.68. The molecule has 0 spiro atoms. The lowest BCUT2D eigenvalue weighted by molar-refractivity contribution is -0.133. The number of piperidine rings is 1. The number of hydrogen-bond donors (Lipinski definition) is 3. The van der Waals surface area contributed by atoms with Crippen LogP contribution in [0.5, 0.6) is 0 Å². The van der Waals surface area contributed by atoms with Crippen molar-refractivity contribution in [2.24, 2.45) is 5.41 Å². The molecule has 0 bridgehead atoms. The van der Waals surface area contributed by atoms with E-state index in [2.05, 4.69) is 17.6 Å². The number of hydrogen-bond acceptors (Lipinski definition) is 3. The predicted octanol–water partition coefficient (Wildman–Crippen LogP) is 0.263. The first-order valence-electron chi connectivity index (χ1n) is 5.77. The van der Waals surface area contributed by atoms with Crippen LogP contribution in [0.1, 0.15) is 33.1 Å². The lowest BCUT2D eigenvalue weighted by Gasteiger charge is -2.36. The summed E-state index contributed by atoms with van der Waals surface area (Å²) in [5.74, 6) is 0.105. The molecule has 1 aliphatic rings. The smallest absolute Gasteiger partial charge is 0.226 e. The average Bonchev–Trinajstić information content (AvgIpc) is 2.29. The van der Waals surface area contributed by atoms with Crippen LogP contribution in [0.25, 0.3) is 0 Å². The highest BCUT2D eigenvalue weighted by molar-refractivity contribution is 5.83. The molecule has 15 heavy (non-hydrogen) atoms. The van der Waals surface area contributed by atoms with Gasteiger partial charge in [0, 0.05) is 6.04 Å². The van der Waals surface area contributed by atoms with E-state index in [1.165, 1.54) is 0 Å². The number of aliphatic hydroxyl groups is 1. The third-order valence-corrected chi connectivity index (χ3v) is 3.37. The molecule has 0 aromatic carbocycles. The second-order valence-corrected chi connectivity index (χ2v) is 4.44. The Morgan fingerprint density at radius 1 is 1.53 bits per heavy atom. The molecule has 4 nitrogen and oxygen atoms in total. The van der Waals surface area contributed by atoms with E-state index in [-0.39, 0.29) is 24.0 Å². The van der Waals surface area contributed by atoms with Crippen LogP contribution in [0.4, 0.5) is 0 Å². The summed E-state index contributed by atoms with van der Waals surface area (Å²) in [6.45, 7) is 5.71. The second-order valence-electron chi connectivity index (χ2n) is 4.44. The molecular formula is C11H22N2O2. The van der Waals surface area contributed by atoms with Gasteiger partial charge in [-0.2, -0.15) is 0 Å². The van der Waals surface area contributed by atoms with Crippen molar-refractivity contribution >= 4 is 5.91 Å². The van der Waals surface area contributed by atoms with Gasteiger partial charge in [0.05, 0.1) is 12.0 Å². The minimum Gasteiger partial charge on any atom is -0.394 e. The maximum Gasteiger partial charge on any atom is 0.226 e. The molecule has 88 valence electrons. The standard InChI is InChI=1S/C11H22N2O2/c1-3-11(4-6-12-7-5-11)10(15)13-9(2)8-14/h9,12,14H,3-8H2,1-2H3,(H,13,15)/t9-/m1/s1. The lowest BCUT2D eigenvalue weighted by Crippen LogP contribution is -2.50. The molecular weight excluding hydrogens is 192 g/mol. The van der Waals surface area contributed by atoms with Crippen molar-refractivity contribution in [2.75, 3.05) is 19.7 Å². The van der Waals surface area contributed by atoms with Crippen LogP contribution in [0.3, 0.4) is 0 Å². The number of carbonyl (C=O) groups is 1. The Balaban J connectivity index is 2.59. The van der Waals surface area contributed by atoms with E-state index >= 15 is 0 Å². The van der Waals surface area contributed by atoms with Gasteiger partial charge in [0.15, 0.2) is 0 Å². The van der Waals surface area contributed by atoms with Crippen molar-refractivity contribution in [3.8, 4) is 0 Å². The van der Waals surface area contributed by atoms with Gasteiger partial charge in [0.25, 0.3) is 0 Å². The Kier molecular flexibility index (Phi) is 4.54. The van der Waals surface area contributed by atoms with Crippen molar-refractivity contribution < 1.29 is 9.90 Å². The second kappa shape index (κ2) is 5.47. The minimum absolute atomic E-state index is 0.00375. The zero-order chi connectivity index (χ0) is 11.3. The topological polar surface area (TPSA) is 61.4 Å². The number of amides is 1. The quantitative estimate of drug-likeness (QED) is 0.629. The van der Waals surface area contributed by atoms with Gasteiger partial charge in [-0.3, -0.25) is 4.79 Å². The molecule has 1 amide bonds. The van der Waals surface area contributed by atoms with Crippen LogP contribution in [-0.4, -0.2) is 36.8 Å². The molecule has 0 saturated carbocycles. The summed E-state index contributed by atoms with van der Waals surface area (Å²) in [6, 6.07) is -0.143. The largest absolute Gasteiger partial charge is 0.394 e. The summed E-state index contributed by atoms with van der Waals surface area (Å²) in [6.07, 6.45) is 2.67. The van der Waals surface area contributed by atoms with Gasteiger partial charge in [-0.05, 0) is 39.3 Å². The van der Waals surface area contributed by atoms with Gasteiger partial charge >= 0.3 is 0 Å². The summed E-state index contributed by atoms with van der Waals surface area (Å²) in [5, 5.41) is 15.1. The first-order valence-corrected chi connectivity index (χ1v) is 5.77. The molecule has 4 heteroatoms. The maximum atomic E-state index is 12.1. The van der Waals surface area contributed by atoms with Crippen molar-refractivity contribution in [3.63, 3.8) is 0 Å². The molecule has 1 heterocycles. The predicted molar refractivity (Wildman–Crippen MR) is 59.5 cm³/mol. The lowest BCUT2D eigenvalue weighted by atomic mass is 9.75. The van der Waals surface area contributed by atoms with Gasteiger partial charge in [-0.1, -0.05) is 6.92 Å². The van der Waals surface area contributed by atoms with Gasteiger partial charge in [0.2, 0.25) is 5.91 Å². The molecule has 1 fully saturated rings. The summed E-state index contributed by atoms with van der Waals surface area (Å²) in [7, 11) is 0. The molecule has 1 saturated heterocycles. The Labute approximate surface area is 91.4 Å². The normalized spacial score (nSPS) is 22.1. The van der Waals surface area contributed by atoms with Gasteiger partial charge in [-0.25, -0.2) is 0 Å². The number of aliphatic hydroxyl groups excluding tert-OH is 1.